The van der Waals surface area contributed by atoms with Gasteiger partial charge in [-0.3, -0.25) is 0 Å². The summed E-state index contributed by atoms with van der Waals surface area (Å²) in [4.78, 5) is 2.28. The highest BCUT2D eigenvalue weighted by Crippen LogP contribution is 2.51. The zero-order valence-corrected chi connectivity index (χ0v) is 19.6. The average Bonchev–Trinajstić information content (AvgIpc) is 3.25. The van der Waals surface area contributed by atoms with E-state index in [-0.39, 0.29) is 0 Å². The van der Waals surface area contributed by atoms with Crippen LogP contribution in [-0.2, 0) is 0 Å². The van der Waals surface area contributed by atoms with Crippen molar-refractivity contribution < 1.29 is 9.15 Å². The molecule has 1 aliphatic heterocycles. The molecule has 1 aromatic heterocycles. The van der Waals surface area contributed by atoms with Gasteiger partial charge in [-0.15, -0.1) is 0 Å². The van der Waals surface area contributed by atoms with Crippen molar-refractivity contribution in [1.82, 2.24) is 0 Å². The van der Waals surface area contributed by atoms with Gasteiger partial charge in [0.25, 0.3) is 0 Å². The summed E-state index contributed by atoms with van der Waals surface area (Å²) in [6.45, 7) is 4.18. The maximum absolute atomic E-state index is 6.30. The number of para-hydroxylation sites is 1. The lowest BCUT2D eigenvalue weighted by atomic mass is 10.0. The molecule has 0 saturated heterocycles. The molecule has 0 saturated carbocycles. The summed E-state index contributed by atoms with van der Waals surface area (Å²) in [7, 11) is 0. The molecule has 0 bridgehead atoms. The van der Waals surface area contributed by atoms with E-state index < -0.39 is 0 Å². The fraction of sp³-hybridized carbons (Fsp3) is 0.0625. The van der Waals surface area contributed by atoms with Crippen LogP contribution in [0, 0.1) is 13.8 Å². The highest BCUT2D eigenvalue weighted by Gasteiger charge is 2.26. The van der Waals surface area contributed by atoms with Crippen molar-refractivity contribution in [2.75, 3.05) is 4.90 Å². The van der Waals surface area contributed by atoms with Gasteiger partial charge < -0.3 is 14.1 Å². The first kappa shape index (κ1) is 19.9. The van der Waals surface area contributed by atoms with Gasteiger partial charge in [-0.25, -0.2) is 0 Å². The number of anilines is 3. The van der Waals surface area contributed by atoms with Gasteiger partial charge in [0.1, 0.15) is 11.2 Å². The molecule has 5 aromatic carbocycles. The Labute approximate surface area is 203 Å². The molecule has 3 heteroatoms. The van der Waals surface area contributed by atoms with E-state index in [1.54, 1.807) is 0 Å². The van der Waals surface area contributed by atoms with Crippen molar-refractivity contribution in [1.29, 1.82) is 0 Å². The molecule has 0 N–H and O–H groups in total. The first-order valence-corrected chi connectivity index (χ1v) is 11.9. The Hall–Kier alpha value is -4.50. The van der Waals surface area contributed by atoms with Crippen LogP contribution in [0.3, 0.4) is 0 Å². The Morgan fingerprint density at radius 2 is 1.17 bits per heavy atom. The number of fused-ring (bicyclic) bond motifs is 5. The third-order valence-corrected chi connectivity index (χ3v) is 6.77. The minimum atomic E-state index is 0.879. The highest BCUT2D eigenvalue weighted by atomic mass is 16.5. The highest BCUT2D eigenvalue weighted by molar-refractivity contribution is 6.06. The second-order valence-corrected chi connectivity index (χ2v) is 9.24. The smallest absolute Gasteiger partial charge is 0.151 e. The van der Waals surface area contributed by atoms with E-state index in [1.165, 1.54) is 22.3 Å². The molecule has 0 unspecified atom stereocenters. The van der Waals surface area contributed by atoms with Gasteiger partial charge in [0.05, 0.1) is 11.4 Å². The van der Waals surface area contributed by atoms with Crippen LogP contribution in [0.5, 0.6) is 11.5 Å². The van der Waals surface area contributed by atoms with E-state index in [9.17, 15) is 0 Å². The monoisotopic (exact) mass is 453 g/mol. The van der Waals surface area contributed by atoms with Gasteiger partial charge in [0.15, 0.2) is 11.5 Å². The van der Waals surface area contributed by atoms with Crippen LogP contribution < -0.4 is 9.64 Å². The number of hydrogen-bond acceptors (Lipinski definition) is 3. The summed E-state index contributed by atoms with van der Waals surface area (Å²) in [5, 5.41) is 2.29. The lowest BCUT2D eigenvalue weighted by Crippen LogP contribution is -2.16. The molecule has 0 aliphatic carbocycles. The summed E-state index contributed by atoms with van der Waals surface area (Å²) >= 11 is 0. The number of benzene rings is 5. The standard InChI is InChI=1S/C32H23NO2/c1-20-7-14-27-31(17-20)35-32-18-21(2)8-15-28(32)33(27)24-12-9-22(10-13-24)23-11-16-30-26(19-23)25-5-3-4-6-29(25)34-30/h3-19H,1-2H3. The van der Waals surface area contributed by atoms with Crippen molar-refractivity contribution in [2.45, 2.75) is 13.8 Å². The van der Waals surface area contributed by atoms with Crippen LogP contribution in [0.2, 0.25) is 0 Å². The van der Waals surface area contributed by atoms with Crippen molar-refractivity contribution in [3.05, 3.63) is 114 Å². The zero-order chi connectivity index (χ0) is 23.5. The van der Waals surface area contributed by atoms with Gasteiger partial charge in [-0.2, -0.15) is 0 Å². The molecule has 7 rings (SSSR count). The van der Waals surface area contributed by atoms with E-state index in [2.05, 4.69) is 110 Å². The van der Waals surface area contributed by atoms with Crippen molar-refractivity contribution in [3.8, 4) is 22.6 Å². The number of ether oxygens (including phenoxy) is 1. The number of hydrogen-bond donors (Lipinski definition) is 0. The van der Waals surface area contributed by atoms with Crippen molar-refractivity contribution in [3.63, 3.8) is 0 Å². The minimum absolute atomic E-state index is 0.879. The first-order chi connectivity index (χ1) is 17.1. The van der Waals surface area contributed by atoms with Gasteiger partial charge in [0, 0.05) is 16.5 Å². The lowest BCUT2D eigenvalue weighted by Gasteiger charge is -2.33. The molecule has 1 aliphatic rings. The normalized spacial score (nSPS) is 12.5. The lowest BCUT2D eigenvalue weighted by molar-refractivity contribution is 0.476. The van der Waals surface area contributed by atoms with E-state index in [0.717, 1.165) is 50.5 Å². The summed E-state index contributed by atoms with van der Waals surface area (Å²) in [6, 6.07) is 36.1. The molecule has 0 amide bonds. The molecule has 0 spiro atoms. The molecule has 35 heavy (non-hydrogen) atoms. The van der Waals surface area contributed by atoms with E-state index in [4.69, 9.17) is 9.15 Å². The topological polar surface area (TPSA) is 25.6 Å². The van der Waals surface area contributed by atoms with Gasteiger partial charge in [-0.1, -0.05) is 48.5 Å². The predicted octanol–water partition coefficient (Wildman–Crippen LogP) is 9.45. The SMILES string of the molecule is Cc1ccc2c(c1)Oc1cc(C)ccc1N2c1ccc(-c2ccc3oc4ccccc4c3c2)cc1. The van der Waals surface area contributed by atoms with E-state index in [1.807, 2.05) is 12.1 Å². The number of aryl methyl sites for hydroxylation is 2. The van der Waals surface area contributed by atoms with E-state index in [0.29, 0.717) is 0 Å². The van der Waals surface area contributed by atoms with Crippen LogP contribution in [0.1, 0.15) is 11.1 Å². The van der Waals surface area contributed by atoms with Gasteiger partial charge in [0.2, 0.25) is 0 Å². The Morgan fingerprint density at radius 1 is 0.543 bits per heavy atom. The fourth-order valence-corrected chi connectivity index (χ4v) is 5.01. The molecule has 2 heterocycles. The van der Waals surface area contributed by atoms with Crippen molar-refractivity contribution in [2.24, 2.45) is 0 Å². The third-order valence-electron chi connectivity index (χ3n) is 6.77. The predicted molar refractivity (Wildman–Crippen MR) is 143 cm³/mol. The van der Waals surface area contributed by atoms with Crippen LogP contribution in [-0.4, -0.2) is 0 Å². The largest absolute Gasteiger partial charge is 0.456 e. The third kappa shape index (κ3) is 3.20. The van der Waals surface area contributed by atoms with Crippen LogP contribution in [0.15, 0.2) is 108 Å². The minimum Gasteiger partial charge on any atom is -0.456 e. The molecular weight excluding hydrogens is 430 g/mol. The van der Waals surface area contributed by atoms with Gasteiger partial charge in [-0.05, 0) is 90.7 Å². The number of nitrogens with zero attached hydrogens (tertiary/aromatic N) is 1. The molecule has 0 atom stereocenters. The van der Waals surface area contributed by atoms with Crippen molar-refractivity contribution >= 4 is 39.0 Å². The second kappa shape index (κ2) is 7.51. The average molecular weight is 454 g/mol. The zero-order valence-electron chi connectivity index (χ0n) is 19.6. The molecule has 6 aromatic rings. The van der Waals surface area contributed by atoms with E-state index >= 15 is 0 Å². The Kier molecular flexibility index (Phi) is 4.27. The Balaban J connectivity index is 1.32. The van der Waals surface area contributed by atoms with Crippen LogP contribution >= 0.6 is 0 Å². The Bertz CT molecular complexity index is 1690. The van der Waals surface area contributed by atoms with Crippen LogP contribution in [0.4, 0.5) is 17.1 Å². The number of rotatable bonds is 2. The molecule has 0 radical (unpaired) electrons. The summed E-state index contributed by atoms with van der Waals surface area (Å²) < 4.78 is 12.3. The summed E-state index contributed by atoms with van der Waals surface area (Å²) in [6.07, 6.45) is 0. The quantitative estimate of drug-likeness (QED) is 0.261. The molecular formula is C32H23NO2. The maximum atomic E-state index is 6.30. The summed E-state index contributed by atoms with van der Waals surface area (Å²) in [5.74, 6) is 1.76. The molecule has 168 valence electrons. The Morgan fingerprint density at radius 3 is 1.89 bits per heavy atom. The fourth-order valence-electron chi connectivity index (χ4n) is 5.01. The maximum Gasteiger partial charge on any atom is 0.151 e. The molecule has 0 fully saturated rings. The summed E-state index contributed by atoms with van der Waals surface area (Å²) in [5.41, 5.74) is 9.73. The van der Waals surface area contributed by atoms with Gasteiger partial charge >= 0.3 is 0 Å². The molecule has 3 nitrogen and oxygen atoms in total. The number of furan rings is 1. The first-order valence-electron chi connectivity index (χ1n) is 11.9. The second-order valence-electron chi connectivity index (χ2n) is 9.24. The van der Waals surface area contributed by atoms with Crippen LogP contribution in [0.25, 0.3) is 33.1 Å².